The third kappa shape index (κ3) is 3.40. The van der Waals surface area contributed by atoms with Crippen LogP contribution in [0.2, 0.25) is 0 Å². The first-order chi connectivity index (χ1) is 10.2. The van der Waals surface area contributed by atoms with Gasteiger partial charge < -0.3 is 9.64 Å². The zero-order valence-corrected chi connectivity index (χ0v) is 12.0. The van der Waals surface area contributed by atoms with E-state index in [1.807, 2.05) is 24.3 Å². The first-order valence-corrected chi connectivity index (χ1v) is 6.54. The summed E-state index contributed by atoms with van der Waals surface area (Å²) in [7, 11) is 3.29. The van der Waals surface area contributed by atoms with Gasteiger partial charge in [0.15, 0.2) is 0 Å². The van der Waals surface area contributed by atoms with Crippen molar-refractivity contribution in [3.8, 4) is 11.8 Å². The van der Waals surface area contributed by atoms with Crippen molar-refractivity contribution < 1.29 is 9.53 Å². The smallest absolute Gasteiger partial charge is 0.231 e. The minimum absolute atomic E-state index is 0.0606. The second-order valence-corrected chi connectivity index (χ2v) is 4.60. The number of carbonyl (C=O) groups is 1. The van der Waals surface area contributed by atoms with E-state index in [4.69, 9.17) is 10.00 Å². The van der Waals surface area contributed by atoms with Crippen LogP contribution in [-0.4, -0.2) is 20.1 Å². The van der Waals surface area contributed by atoms with Crippen molar-refractivity contribution >= 4 is 11.6 Å². The van der Waals surface area contributed by atoms with E-state index < -0.39 is 0 Å². The fourth-order valence-corrected chi connectivity index (χ4v) is 2.06. The first kappa shape index (κ1) is 14.6. The zero-order chi connectivity index (χ0) is 15.2. The maximum atomic E-state index is 12.4. The van der Waals surface area contributed by atoms with Gasteiger partial charge in [0.1, 0.15) is 5.75 Å². The molecular formula is C17H16N2O2. The van der Waals surface area contributed by atoms with Crippen molar-refractivity contribution in [2.45, 2.75) is 6.42 Å². The van der Waals surface area contributed by atoms with E-state index in [0.717, 1.165) is 5.56 Å². The highest BCUT2D eigenvalue weighted by atomic mass is 16.5. The minimum atomic E-state index is -0.0606. The molecule has 4 nitrogen and oxygen atoms in total. The number of anilines is 1. The molecule has 2 aromatic carbocycles. The lowest BCUT2D eigenvalue weighted by Crippen LogP contribution is -2.28. The molecule has 1 amide bonds. The Kier molecular flexibility index (Phi) is 4.57. The van der Waals surface area contributed by atoms with Crippen LogP contribution in [0.25, 0.3) is 0 Å². The molecule has 0 N–H and O–H groups in total. The number of amides is 1. The molecule has 0 heterocycles. The quantitative estimate of drug-likeness (QED) is 0.865. The van der Waals surface area contributed by atoms with Crippen LogP contribution in [0.5, 0.6) is 5.75 Å². The Balaban J connectivity index is 2.18. The number of hydrogen-bond acceptors (Lipinski definition) is 3. The van der Waals surface area contributed by atoms with Crippen molar-refractivity contribution in [3.63, 3.8) is 0 Å². The summed E-state index contributed by atoms with van der Waals surface area (Å²) >= 11 is 0. The molecule has 2 rings (SSSR count). The van der Waals surface area contributed by atoms with Gasteiger partial charge in [-0.1, -0.05) is 24.3 Å². The molecule has 0 aliphatic heterocycles. The van der Waals surface area contributed by atoms with E-state index in [0.29, 0.717) is 17.0 Å². The summed E-state index contributed by atoms with van der Waals surface area (Å²) in [6, 6.07) is 16.5. The lowest BCUT2D eigenvalue weighted by molar-refractivity contribution is -0.117. The molecule has 0 aromatic heterocycles. The maximum absolute atomic E-state index is 12.4. The largest absolute Gasteiger partial charge is 0.496 e. The Bertz CT molecular complexity index is 689. The van der Waals surface area contributed by atoms with Gasteiger partial charge in [0.2, 0.25) is 5.91 Å². The molecule has 0 saturated heterocycles. The van der Waals surface area contributed by atoms with Crippen molar-refractivity contribution in [3.05, 3.63) is 59.7 Å². The van der Waals surface area contributed by atoms with Crippen LogP contribution >= 0.6 is 0 Å². The van der Waals surface area contributed by atoms with Gasteiger partial charge in [-0.2, -0.15) is 5.26 Å². The molecule has 21 heavy (non-hydrogen) atoms. The predicted molar refractivity (Wildman–Crippen MR) is 81.3 cm³/mol. The van der Waals surface area contributed by atoms with Gasteiger partial charge >= 0.3 is 0 Å². The summed E-state index contributed by atoms with van der Waals surface area (Å²) in [5.41, 5.74) is 2.08. The van der Waals surface area contributed by atoms with Crippen LogP contribution in [0.1, 0.15) is 11.1 Å². The molecule has 0 saturated carbocycles. The Morgan fingerprint density at radius 3 is 2.71 bits per heavy atom. The maximum Gasteiger partial charge on any atom is 0.231 e. The second kappa shape index (κ2) is 6.58. The Hall–Kier alpha value is -2.80. The van der Waals surface area contributed by atoms with Crippen molar-refractivity contribution in [1.82, 2.24) is 0 Å². The fourth-order valence-electron chi connectivity index (χ4n) is 2.06. The molecule has 0 spiro atoms. The summed E-state index contributed by atoms with van der Waals surface area (Å²) < 4.78 is 5.25. The summed E-state index contributed by atoms with van der Waals surface area (Å²) in [6.07, 6.45) is 0.247. The highest BCUT2D eigenvalue weighted by Gasteiger charge is 2.14. The van der Waals surface area contributed by atoms with Crippen LogP contribution in [0.4, 0.5) is 5.69 Å². The molecule has 106 valence electrons. The van der Waals surface area contributed by atoms with E-state index in [-0.39, 0.29) is 12.3 Å². The van der Waals surface area contributed by atoms with Crippen LogP contribution in [0.15, 0.2) is 48.5 Å². The molecular weight excluding hydrogens is 264 g/mol. The van der Waals surface area contributed by atoms with E-state index in [1.54, 1.807) is 43.3 Å². The van der Waals surface area contributed by atoms with Crippen LogP contribution in [-0.2, 0) is 11.2 Å². The number of ether oxygens (including phenoxy) is 1. The summed E-state index contributed by atoms with van der Waals surface area (Å²) in [5, 5.41) is 8.92. The van der Waals surface area contributed by atoms with E-state index >= 15 is 0 Å². The van der Waals surface area contributed by atoms with E-state index in [2.05, 4.69) is 6.07 Å². The van der Waals surface area contributed by atoms with Gasteiger partial charge in [0.25, 0.3) is 0 Å². The van der Waals surface area contributed by atoms with Gasteiger partial charge in [-0.25, -0.2) is 0 Å². The van der Waals surface area contributed by atoms with Crippen molar-refractivity contribution in [2.75, 3.05) is 19.1 Å². The molecule has 0 fully saturated rings. The topological polar surface area (TPSA) is 53.3 Å². The number of nitrogens with zero attached hydrogens (tertiary/aromatic N) is 2. The number of likely N-dealkylation sites (N-methyl/N-ethyl adjacent to an activating group) is 1. The molecule has 0 radical (unpaired) electrons. The Labute approximate surface area is 124 Å². The van der Waals surface area contributed by atoms with Crippen LogP contribution in [0, 0.1) is 11.3 Å². The monoisotopic (exact) mass is 280 g/mol. The lowest BCUT2D eigenvalue weighted by atomic mass is 10.1. The Morgan fingerprint density at radius 2 is 2.00 bits per heavy atom. The number of carbonyl (C=O) groups excluding carboxylic acids is 1. The second-order valence-electron chi connectivity index (χ2n) is 4.60. The average Bonchev–Trinajstić information content (AvgIpc) is 2.54. The first-order valence-electron chi connectivity index (χ1n) is 6.54. The number of methoxy groups -OCH3 is 1. The Morgan fingerprint density at radius 1 is 1.24 bits per heavy atom. The van der Waals surface area contributed by atoms with Crippen molar-refractivity contribution in [2.24, 2.45) is 0 Å². The highest BCUT2D eigenvalue weighted by Crippen LogP contribution is 2.20. The summed E-state index contributed by atoms with van der Waals surface area (Å²) in [6.45, 7) is 0. The number of para-hydroxylation sites is 1. The highest BCUT2D eigenvalue weighted by molar-refractivity contribution is 5.94. The van der Waals surface area contributed by atoms with Crippen molar-refractivity contribution in [1.29, 1.82) is 5.26 Å². The lowest BCUT2D eigenvalue weighted by Gasteiger charge is -2.18. The minimum Gasteiger partial charge on any atom is -0.496 e. The molecule has 0 atom stereocenters. The molecule has 2 aromatic rings. The number of rotatable bonds is 4. The van der Waals surface area contributed by atoms with E-state index in [1.165, 1.54) is 0 Å². The normalized spacial score (nSPS) is 9.76. The van der Waals surface area contributed by atoms with Gasteiger partial charge in [0.05, 0.1) is 25.2 Å². The van der Waals surface area contributed by atoms with Gasteiger partial charge in [0, 0.05) is 18.3 Å². The number of benzene rings is 2. The molecule has 0 aliphatic carbocycles. The zero-order valence-electron chi connectivity index (χ0n) is 12.0. The molecule has 0 aliphatic rings. The van der Waals surface area contributed by atoms with Gasteiger partial charge in [-0.05, 0) is 24.3 Å². The third-order valence-electron chi connectivity index (χ3n) is 3.27. The molecule has 4 heteroatoms. The average molecular weight is 280 g/mol. The van der Waals surface area contributed by atoms with Crippen LogP contribution in [0.3, 0.4) is 0 Å². The number of nitriles is 1. The predicted octanol–water partition coefficient (Wildman–Crippen LogP) is 2.77. The van der Waals surface area contributed by atoms with E-state index in [9.17, 15) is 4.79 Å². The summed E-state index contributed by atoms with van der Waals surface area (Å²) in [4.78, 5) is 13.9. The standard InChI is InChI=1S/C17H16N2O2/c1-19(15-8-5-6-13(10-15)12-18)17(20)11-14-7-3-4-9-16(14)21-2/h3-10H,11H2,1-2H3. The molecule has 0 bridgehead atoms. The summed E-state index contributed by atoms with van der Waals surface area (Å²) in [5.74, 6) is 0.639. The van der Waals surface area contributed by atoms with Crippen LogP contribution < -0.4 is 9.64 Å². The van der Waals surface area contributed by atoms with Gasteiger partial charge in [-0.3, -0.25) is 4.79 Å². The SMILES string of the molecule is COc1ccccc1CC(=O)N(C)c1cccc(C#N)c1. The van der Waals surface area contributed by atoms with Gasteiger partial charge in [-0.15, -0.1) is 0 Å². The number of hydrogen-bond donors (Lipinski definition) is 0. The molecule has 0 unspecified atom stereocenters. The third-order valence-corrected chi connectivity index (χ3v) is 3.27. The fraction of sp³-hybridized carbons (Fsp3) is 0.176.